The van der Waals surface area contributed by atoms with Gasteiger partial charge in [-0.1, -0.05) is 18.2 Å². The van der Waals surface area contributed by atoms with Crippen LogP contribution in [0.4, 0.5) is 5.69 Å². The zero-order valence-electron chi connectivity index (χ0n) is 15.3. The van der Waals surface area contributed by atoms with E-state index in [9.17, 15) is 4.57 Å². The van der Waals surface area contributed by atoms with E-state index in [1.807, 2.05) is 61.7 Å². The van der Waals surface area contributed by atoms with E-state index in [4.69, 9.17) is 13.8 Å². The van der Waals surface area contributed by atoms with Crippen molar-refractivity contribution in [2.45, 2.75) is 25.2 Å². The van der Waals surface area contributed by atoms with Crippen LogP contribution < -0.4 is 10.1 Å². The lowest BCUT2D eigenvalue weighted by atomic mass is 10.1. The first-order valence-electron chi connectivity index (χ1n) is 8.98. The molecule has 0 bridgehead atoms. The Labute approximate surface area is 158 Å². The maximum atomic E-state index is 13.7. The second-order valence-electron chi connectivity index (χ2n) is 6.64. The zero-order valence-corrected chi connectivity index (χ0v) is 16.2. The summed E-state index contributed by atoms with van der Waals surface area (Å²) < 4.78 is 30.5. The van der Waals surface area contributed by atoms with Crippen molar-refractivity contribution in [3.8, 4) is 5.75 Å². The molecular weight excluding hydrogens is 363 g/mol. The number of methoxy groups -OCH3 is 1. The van der Waals surface area contributed by atoms with Gasteiger partial charge in [0.2, 0.25) is 0 Å². The van der Waals surface area contributed by atoms with Crippen LogP contribution in [-0.2, 0) is 13.6 Å². The fourth-order valence-corrected chi connectivity index (χ4v) is 5.47. The number of aromatic nitrogens is 1. The quantitative estimate of drug-likeness (QED) is 0.582. The minimum absolute atomic E-state index is 0.116. The highest BCUT2D eigenvalue weighted by molar-refractivity contribution is 7.54. The predicted molar refractivity (Wildman–Crippen MR) is 106 cm³/mol. The fraction of sp³-hybridized carbons (Fsp3) is 0.300. The van der Waals surface area contributed by atoms with Gasteiger partial charge >= 0.3 is 7.60 Å². The summed E-state index contributed by atoms with van der Waals surface area (Å²) in [6.45, 7) is 2.34. The molecule has 1 saturated heterocycles. The van der Waals surface area contributed by atoms with Crippen LogP contribution in [0.5, 0.6) is 5.75 Å². The third-order valence-corrected chi connectivity index (χ3v) is 6.98. The summed E-state index contributed by atoms with van der Waals surface area (Å²) in [6, 6.07) is 15.4. The summed E-state index contributed by atoms with van der Waals surface area (Å²) in [5.41, 5.74) is 2.65. The van der Waals surface area contributed by atoms with Crippen LogP contribution in [0.3, 0.4) is 0 Å². The summed E-state index contributed by atoms with van der Waals surface area (Å²) in [5.74, 6) is 0.138. The van der Waals surface area contributed by atoms with Gasteiger partial charge in [-0.2, -0.15) is 0 Å². The van der Waals surface area contributed by atoms with Crippen LogP contribution in [0.1, 0.15) is 24.7 Å². The van der Waals surface area contributed by atoms with Gasteiger partial charge in [-0.3, -0.25) is 4.57 Å². The van der Waals surface area contributed by atoms with E-state index < -0.39 is 13.4 Å². The van der Waals surface area contributed by atoms with Gasteiger partial charge in [-0.25, -0.2) is 0 Å². The molecule has 0 aliphatic carbocycles. The van der Waals surface area contributed by atoms with Crippen LogP contribution in [0, 0.1) is 0 Å². The van der Waals surface area contributed by atoms with Crippen LogP contribution in [0.2, 0.25) is 0 Å². The number of nitrogens with one attached hydrogen (secondary N) is 2. The van der Waals surface area contributed by atoms with Crippen molar-refractivity contribution < 1.29 is 18.3 Å². The van der Waals surface area contributed by atoms with Crippen LogP contribution >= 0.6 is 7.60 Å². The Kier molecular flexibility index (Phi) is 4.96. The summed E-state index contributed by atoms with van der Waals surface area (Å²) in [5, 5.41) is 4.36. The maximum Gasteiger partial charge on any atom is 0.357 e. The van der Waals surface area contributed by atoms with Crippen molar-refractivity contribution in [1.29, 1.82) is 0 Å². The number of anilines is 1. The number of para-hydroxylation sites is 1. The van der Waals surface area contributed by atoms with Gasteiger partial charge in [-0.15, -0.1) is 0 Å². The number of benzene rings is 2. The third kappa shape index (κ3) is 3.61. The van der Waals surface area contributed by atoms with E-state index >= 15 is 0 Å². The largest absolute Gasteiger partial charge is 0.497 e. The van der Waals surface area contributed by atoms with Crippen LogP contribution in [0.25, 0.3) is 10.9 Å². The Bertz CT molecular complexity index is 970. The molecule has 2 aromatic carbocycles. The molecule has 1 fully saturated rings. The van der Waals surface area contributed by atoms with Crippen molar-refractivity contribution in [3.63, 3.8) is 0 Å². The monoisotopic (exact) mass is 386 g/mol. The minimum atomic E-state index is -3.42. The van der Waals surface area contributed by atoms with Crippen LogP contribution in [-0.4, -0.2) is 24.8 Å². The third-order valence-electron chi connectivity index (χ3n) is 4.75. The summed E-state index contributed by atoms with van der Waals surface area (Å²) in [4.78, 5) is 3.25. The van der Waals surface area contributed by atoms with Gasteiger partial charge in [-0.05, 0) is 43.7 Å². The number of rotatable bonds is 5. The molecule has 1 aromatic heterocycles. The molecule has 0 saturated carbocycles. The molecular formula is C20H23N2O4P. The Morgan fingerprint density at radius 1 is 1.22 bits per heavy atom. The molecule has 0 radical (unpaired) electrons. The Morgan fingerprint density at radius 3 is 2.74 bits per heavy atom. The average Bonchev–Trinajstić information content (AvgIpc) is 3.10. The minimum Gasteiger partial charge on any atom is -0.497 e. The molecule has 7 heteroatoms. The molecule has 1 aliphatic rings. The van der Waals surface area contributed by atoms with E-state index in [1.54, 1.807) is 7.11 Å². The number of H-pyrrole nitrogens is 1. The standard InChI is InChI=1S/C20H23N2O4P/c1-14-11-12-25-27(23,26-14)20(22-15-7-9-16(24-2)10-8-15)18-13-21-19-6-4-3-5-17(18)19/h3-10,13-14,20-22H,11-12H2,1-2H3/t14-,20+,27-/m1/s1. The molecule has 27 heavy (non-hydrogen) atoms. The van der Waals surface area contributed by atoms with Gasteiger partial charge in [0.1, 0.15) is 5.75 Å². The van der Waals surface area contributed by atoms with E-state index in [-0.39, 0.29) is 6.10 Å². The molecule has 0 amide bonds. The number of hydrogen-bond acceptors (Lipinski definition) is 5. The second-order valence-corrected chi connectivity index (χ2v) is 8.71. The number of hydrogen-bond donors (Lipinski definition) is 2. The summed E-state index contributed by atoms with van der Waals surface area (Å²) in [6.07, 6.45) is 2.49. The lowest BCUT2D eigenvalue weighted by molar-refractivity contribution is 0.0888. The normalized spacial score (nSPS) is 23.9. The molecule has 2 N–H and O–H groups in total. The lowest BCUT2D eigenvalue weighted by Gasteiger charge is -2.33. The fourth-order valence-electron chi connectivity index (χ4n) is 3.31. The van der Waals surface area contributed by atoms with E-state index in [2.05, 4.69) is 10.3 Å². The first kappa shape index (κ1) is 18.1. The lowest BCUT2D eigenvalue weighted by Crippen LogP contribution is -2.23. The molecule has 3 atom stereocenters. The van der Waals surface area contributed by atoms with E-state index in [1.165, 1.54) is 0 Å². The molecule has 1 aliphatic heterocycles. The SMILES string of the molecule is COc1ccc(N[C@H](c2c[nH]c3ccccc23)[P@@]2(=O)OCC[C@@H](C)O2)cc1. The number of aromatic amines is 1. The highest BCUT2D eigenvalue weighted by Crippen LogP contribution is 2.64. The van der Waals surface area contributed by atoms with Gasteiger partial charge < -0.3 is 24.1 Å². The van der Waals surface area contributed by atoms with E-state index in [0.717, 1.165) is 34.3 Å². The highest BCUT2D eigenvalue weighted by atomic mass is 31.2. The highest BCUT2D eigenvalue weighted by Gasteiger charge is 2.42. The molecule has 4 rings (SSSR count). The molecule has 0 spiro atoms. The first-order chi connectivity index (χ1) is 13.1. The number of fused-ring (bicyclic) bond motifs is 1. The van der Waals surface area contributed by atoms with E-state index in [0.29, 0.717) is 6.61 Å². The zero-order chi connectivity index (χ0) is 18.9. The van der Waals surface area contributed by atoms with Crippen molar-refractivity contribution in [2.75, 3.05) is 19.0 Å². The Balaban J connectivity index is 1.76. The summed E-state index contributed by atoms with van der Waals surface area (Å²) in [7, 11) is -1.79. The van der Waals surface area contributed by atoms with Crippen molar-refractivity contribution >= 4 is 24.2 Å². The molecule has 2 heterocycles. The van der Waals surface area contributed by atoms with Gasteiger partial charge in [0.05, 0.1) is 19.8 Å². The van der Waals surface area contributed by atoms with Crippen molar-refractivity contribution in [2.24, 2.45) is 0 Å². The van der Waals surface area contributed by atoms with Crippen molar-refractivity contribution in [3.05, 3.63) is 60.3 Å². The molecule has 0 unspecified atom stereocenters. The Hall–Kier alpha value is -2.27. The smallest absolute Gasteiger partial charge is 0.357 e. The number of ether oxygens (including phenoxy) is 1. The van der Waals surface area contributed by atoms with Crippen LogP contribution in [0.15, 0.2) is 54.7 Å². The maximum absolute atomic E-state index is 13.7. The van der Waals surface area contributed by atoms with Gasteiger partial charge in [0, 0.05) is 28.4 Å². The van der Waals surface area contributed by atoms with Gasteiger partial charge in [0.25, 0.3) is 0 Å². The topological polar surface area (TPSA) is 72.6 Å². The predicted octanol–water partition coefficient (Wildman–Crippen LogP) is 5.31. The molecule has 142 valence electrons. The van der Waals surface area contributed by atoms with Gasteiger partial charge in [0.15, 0.2) is 5.78 Å². The molecule has 3 aromatic rings. The molecule has 6 nitrogen and oxygen atoms in total. The first-order valence-corrected chi connectivity index (χ1v) is 10.6. The Morgan fingerprint density at radius 2 is 2.00 bits per heavy atom. The summed E-state index contributed by atoms with van der Waals surface area (Å²) >= 11 is 0. The van der Waals surface area contributed by atoms with Crippen molar-refractivity contribution in [1.82, 2.24) is 4.98 Å². The average molecular weight is 386 g/mol. The second kappa shape index (κ2) is 7.39.